The molecule has 1 aromatic rings. The Labute approximate surface area is 109 Å². The van der Waals surface area contributed by atoms with Crippen LogP contribution in [0.5, 0.6) is 0 Å². The highest BCUT2D eigenvalue weighted by Gasteiger charge is 2.26. The van der Waals surface area contributed by atoms with E-state index in [1.165, 1.54) is 4.88 Å². The lowest BCUT2D eigenvalue weighted by atomic mass is 9.85. The Morgan fingerprint density at radius 1 is 1.53 bits per heavy atom. The van der Waals surface area contributed by atoms with E-state index in [4.69, 9.17) is 0 Å². The van der Waals surface area contributed by atoms with Crippen LogP contribution in [-0.4, -0.2) is 30.2 Å². The molecule has 17 heavy (non-hydrogen) atoms. The van der Waals surface area contributed by atoms with Gasteiger partial charge in [0.2, 0.25) is 0 Å². The van der Waals surface area contributed by atoms with Crippen LogP contribution < -0.4 is 0 Å². The summed E-state index contributed by atoms with van der Waals surface area (Å²) in [6.07, 6.45) is 2.20. The van der Waals surface area contributed by atoms with Gasteiger partial charge in [-0.3, -0.25) is 4.90 Å². The predicted molar refractivity (Wildman–Crippen MR) is 75.5 cm³/mol. The molecule has 1 heterocycles. The molecule has 0 aliphatic rings. The molecule has 0 bridgehead atoms. The fourth-order valence-electron chi connectivity index (χ4n) is 2.30. The number of rotatable bonds is 7. The lowest BCUT2D eigenvalue weighted by molar-refractivity contribution is 0.0766. The average molecular weight is 255 g/mol. The molecular formula is C14H25NOS. The van der Waals surface area contributed by atoms with Crippen molar-refractivity contribution < 1.29 is 5.11 Å². The average Bonchev–Trinajstić information content (AvgIpc) is 2.81. The fourth-order valence-corrected chi connectivity index (χ4v) is 3.15. The molecule has 0 aromatic carbocycles. The standard InChI is InChI=1S/C14H25NOS/c1-5-8-14(3,11-16)10-15(4)12(2)13-7-6-9-17-13/h6-7,9,12,16H,5,8,10-11H2,1-4H3. The smallest absolute Gasteiger partial charge is 0.0497 e. The molecule has 0 saturated heterocycles. The monoisotopic (exact) mass is 255 g/mol. The summed E-state index contributed by atoms with van der Waals surface area (Å²) in [5.41, 5.74) is 0.0228. The minimum atomic E-state index is 0.0228. The number of hydrogen-bond acceptors (Lipinski definition) is 3. The molecule has 0 radical (unpaired) electrons. The number of aliphatic hydroxyl groups is 1. The molecule has 0 fully saturated rings. The van der Waals surface area contributed by atoms with Crippen LogP contribution in [0.1, 0.15) is 44.5 Å². The molecule has 0 amide bonds. The van der Waals surface area contributed by atoms with Gasteiger partial charge in [0.15, 0.2) is 0 Å². The van der Waals surface area contributed by atoms with Gasteiger partial charge in [0.1, 0.15) is 0 Å². The van der Waals surface area contributed by atoms with Crippen LogP contribution in [0.4, 0.5) is 0 Å². The van der Waals surface area contributed by atoms with Crippen LogP contribution in [0.3, 0.4) is 0 Å². The first-order valence-corrected chi connectivity index (χ1v) is 7.25. The molecule has 0 aliphatic carbocycles. The van der Waals surface area contributed by atoms with Gasteiger partial charge in [-0.15, -0.1) is 11.3 Å². The topological polar surface area (TPSA) is 23.5 Å². The lowest BCUT2D eigenvalue weighted by Gasteiger charge is -2.34. The summed E-state index contributed by atoms with van der Waals surface area (Å²) >= 11 is 1.80. The van der Waals surface area contributed by atoms with E-state index in [1.54, 1.807) is 11.3 Å². The molecular weight excluding hydrogens is 230 g/mol. The van der Waals surface area contributed by atoms with E-state index in [9.17, 15) is 5.11 Å². The van der Waals surface area contributed by atoms with E-state index < -0.39 is 0 Å². The van der Waals surface area contributed by atoms with E-state index in [0.29, 0.717) is 6.04 Å². The summed E-state index contributed by atoms with van der Waals surface area (Å²) in [6.45, 7) is 7.79. The first-order valence-electron chi connectivity index (χ1n) is 6.37. The van der Waals surface area contributed by atoms with Crippen LogP contribution in [0, 0.1) is 5.41 Å². The maximum absolute atomic E-state index is 9.55. The van der Waals surface area contributed by atoms with Gasteiger partial charge < -0.3 is 5.11 Å². The van der Waals surface area contributed by atoms with E-state index in [2.05, 4.69) is 50.2 Å². The minimum Gasteiger partial charge on any atom is -0.396 e. The van der Waals surface area contributed by atoms with Crippen LogP contribution in [0.15, 0.2) is 17.5 Å². The minimum absolute atomic E-state index is 0.0228. The molecule has 1 rings (SSSR count). The Morgan fingerprint density at radius 3 is 2.71 bits per heavy atom. The van der Waals surface area contributed by atoms with Crippen molar-refractivity contribution in [3.05, 3.63) is 22.4 Å². The SMILES string of the molecule is CCCC(C)(CO)CN(C)C(C)c1cccs1. The van der Waals surface area contributed by atoms with Gasteiger partial charge in [-0.1, -0.05) is 26.3 Å². The van der Waals surface area contributed by atoms with Gasteiger partial charge in [-0.2, -0.15) is 0 Å². The Morgan fingerprint density at radius 2 is 2.24 bits per heavy atom. The highest BCUT2D eigenvalue weighted by molar-refractivity contribution is 7.10. The Hall–Kier alpha value is -0.380. The van der Waals surface area contributed by atoms with Crippen molar-refractivity contribution >= 4 is 11.3 Å². The second-order valence-corrected chi connectivity index (χ2v) is 6.30. The summed E-state index contributed by atoms with van der Waals surface area (Å²) in [7, 11) is 2.15. The Kier molecular flexibility index (Phi) is 5.63. The maximum Gasteiger partial charge on any atom is 0.0497 e. The van der Waals surface area contributed by atoms with Crippen molar-refractivity contribution in [2.45, 2.75) is 39.7 Å². The second-order valence-electron chi connectivity index (χ2n) is 5.33. The molecule has 98 valence electrons. The van der Waals surface area contributed by atoms with Gasteiger partial charge >= 0.3 is 0 Å². The number of thiophene rings is 1. The lowest BCUT2D eigenvalue weighted by Crippen LogP contribution is -2.37. The maximum atomic E-state index is 9.55. The zero-order valence-electron chi connectivity index (χ0n) is 11.4. The molecule has 2 nitrogen and oxygen atoms in total. The second kappa shape index (κ2) is 6.53. The molecule has 1 N–H and O–H groups in total. The van der Waals surface area contributed by atoms with Gasteiger partial charge in [-0.25, -0.2) is 0 Å². The van der Waals surface area contributed by atoms with E-state index >= 15 is 0 Å². The van der Waals surface area contributed by atoms with Gasteiger partial charge in [0.05, 0.1) is 0 Å². The molecule has 0 aliphatic heterocycles. The third-order valence-corrected chi connectivity index (χ3v) is 4.53. The highest BCUT2D eigenvalue weighted by atomic mass is 32.1. The van der Waals surface area contributed by atoms with E-state index in [0.717, 1.165) is 19.4 Å². The van der Waals surface area contributed by atoms with Crippen molar-refractivity contribution in [2.75, 3.05) is 20.2 Å². The first kappa shape index (κ1) is 14.7. The van der Waals surface area contributed by atoms with Crippen molar-refractivity contribution in [2.24, 2.45) is 5.41 Å². The van der Waals surface area contributed by atoms with Crippen molar-refractivity contribution in [3.63, 3.8) is 0 Å². The van der Waals surface area contributed by atoms with Crippen LogP contribution in [0.25, 0.3) is 0 Å². The quantitative estimate of drug-likeness (QED) is 0.805. The summed E-state index contributed by atoms with van der Waals surface area (Å²) in [5, 5.41) is 11.7. The Bertz CT molecular complexity index is 312. The summed E-state index contributed by atoms with van der Waals surface area (Å²) in [6, 6.07) is 4.71. The molecule has 2 unspecified atom stereocenters. The number of aliphatic hydroxyl groups excluding tert-OH is 1. The third-order valence-electron chi connectivity index (χ3n) is 3.48. The largest absolute Gasteiger partial charge is 0.396 e. The Balaban J connectivity index is 2.61. The molecule has 0 spiro atoms. The molecule has 2 atom stereocenters. The van der Waals surface area contributed by atoms with Crippen LogP contribution >= 0.6 is 11.3 Å². The van der Waals surface area contributed by atoms with E-state index in [1.807, 2.05) is 0 Å². The normalized spacial score (nSPS) is 17.1. The predicted octanol–water partition coefficient (Wildman–Crippen LogP) is 3.54. The summed E-state index contributed by atoms with van der Waals surface area (Å²) in [4.78, 5) is 3.74. The summed E-state index contributed by atoms with van der Waals surface area (Å²) in [5.74, 6) is 0. The van der Waals surface area contributed by atoms with Gasteiger partial charge in [0, 0.05) is 29.5 Å². The van der Waals surface area contributed by atoms with Crippen LogP contribution in [-0.2, 0) is 0 Å². The zero-order chi connectivity index (χ0) is 12.9. The highest BCUT2D eigenvalue weighted by Crippen LogP contribution is 2.29. The summed E-state index contributed by atoms with van der Waals surface area (Å²) < 4.78 is 0. The fraction of sp³-hybridized carbons (Fsp3) is 0.714. The van der Waals surface area contributed by atoms with Gasteiger partial charge in [-0.05, 0) is 31.8 Å². The molecule has 1 aromatic heterocycles. The molecule has 3 heteroatoms. The third kappa shape index (κ3) is 4.09. The molecule has 0 saturated carbocycles. The zero-order valence-corrected chi connectivity index (χ0v) is 12.3. The number of nitrogens with zero attached hydrogens (tertiary/aromatic N) is 1. The number of hydrogen-bond donors (Lipinski definition) is 1. The first-order chi connectivity index (χ1) is 8.02. The van der Waals surface area contributed by atoms with Crippen molar-refractivity contribution in [1.82, 2.24) is 4.90 Å². The van der Waals surface area contributed by atoms with Crippen molar-refractivity contribution in [1.29, 1.82) is 0 Å². The van der Waals surface area contributed by atoms with Crippen LogP contribution in [0.2, 0.25) is 0 Å². The van der Waals surface area contributed by atoms with Gasteiger partial charge in [0.25, 0.3) is 0 Å². The van der Waals surface area contributed by atoms with Crippen molar-refractivity contribution in [3.8, 4) is 0 Å². The van der Waals surface area contributed by atoms with E-state index in [-0.39, 0.29) is 12.0 Å².